The van der Waals surface area contributed by atoms with E-state index in [1.165, 1.54) is 16.7 Å². The molecule has 100 valence electrons. The van der Waals surface area contributed by atoms with Crippen molar-refractivity contribution in [3.05, 3.63) is 57.8 Å². The van der Waals surface area contributed by atoms with Crippen molar-refractivity contribution in [2.45, 2.75) is 0 Å². The zero-order valence-corrected chi connectivity index (χ0v) is 13.3. The van der Waals surface area contributed by atoms with Gasteiger partial charge in [-0.15, -0.1) is 0 Å². The van der Waals surface area contributed by atoms with Crippen molar-refractivity contribution >= 4 is 61.9 Å². The minimum Gasteiger partial charge on any atom is -0.465 e. The lowest BCUT2D eigenvalue weighted by Crippen LogP contribution is -2.27. The van der Waals surface area contributed by atoms with Crippen molar-refractivity contribution in [1.82, 2.24) is 0 Å². The Balaban J connectivity index is 1.95. The number of carbonyl (C=O) groups excluding carboxylic acids is 1. The van der Waals surface area contributed by atoms with Gasteiger partial charge in [0.1, 0.15) is 5.76 Å². The van der Waals surface area contributed by atoms with E-state index in [0.717, 1.165) is 10.2 Å². The molecule has 1 aliphatic heterocycles. The maximum Gasteiger partial charge on any atom is 0.270 e. The van der Waals surface area contributed by atoms with Crippen LogP contribution in [0.15, 0.2) is 56.5 Å². The molecule has 1 aliphatic rings. The number of carbonyl (C=O) groups is 1. The van der Waals surface area contributed by atoms with Gasteiger partial charge in [-0.05, 0) is 30.3 Å². The lowest BCUT2D eigenvalue weighted by atomic mass is 10.3. The summed E-state index contributed by atoms with van der Waals surface area (Å²) in [7, 11) is 0. The number of thiocarbonyl (C=S) groups is 1. The number of furan rings is 1. The fourth-order valence-electron chi connectivity index (χ4n) is 1.81. The van der Waals surface area contributed by atoms with Crippen LogP contribution in [0.3, 0.4) is 0 Å². The second-order valence-electron chi connectivity index (χ2n) is 4.01. The molecular weight excluding hydrogens is 358 g/mol. The van der Waals surface area contributed by atoms with Gasteiger partial charge in [-0.1, -0.05) is 46.0 Å². The first-order valence-electron chi connectivity index (χ1n) is 5.72. The molecule has 1 aromatic carbocycles. The molecule has 3 nitrogen and oxygen atoms in total. The summed E-state index contributed by atoms with van der Waals surface area (Å²) in [6, 6.07) is 11.1. The maximum atomic E-state index is 12.4. The van der Waals surface area contributed by atoms with Gasteiger partial charge in [0.2, 0.25) is 0 Å². The molecule has 0 bridgehead atoms. The van der Waals surface area contributed by atoms with Crippen molar-refractivity contribution < 1.29 is 9.21 Å². The highest BCUT2D eigenvalue weighted by Crippen LogP contribution is 2.36. The Morgan fingerprint density at radius 2 is 2.15 bits per heavy atom. The van der Waals surface area contributed by atoms with Crippen molar-refractivity contribution in [2.75, 3.05) is 4.90 Å². The number of benzene rings is 1. The molecule has 1 aromatic heterocycles. The second kappa shape index (κ2) is 5.55. The highest BCUT2D eigenvalue weighted by atomic mass is 79.9. The Bertz CT molecular complexity index is 710. The molecule has 20 heavy (non-hydrogen) atoms. The lowest BCUT2D eigenvalue weighted by molar-refractivity contribution is -0.113. The average molecular weight is 366 g/mol. The van der Waals surface area contributed by atoms with E-state index in [1.807, 2.05) is 24.3 Å². The van der Waals surface area contributed by atoms with E-state index < -0.39 is 0 Å². The molecule has 1 saturated heterocycles. The van der Waals surface area contributed by atoms with Gasteiger partial charge in [0.25, 0.3) is 5.91 Å². The van der Waals surface area contributed by atoms with Crippen molar-refractivity contribution in [2.24, 2.45) is 0 Å². The molecule has 6 heteroatoms. The average Bonchev–Trinajstić information content (AvgIpc) is 2.99. The van der Waals surface area contributed by atoms with Crippen LogP contribution in [0.1, 0.15) is 5.76 Å². The first kappa shape index (κ1) is 13.6. The molecule has 0 saturated carbocycles. The fraction of sp³-hybridized carbons (Fsp3) is 0. The number of anilines is 1. The predicted octanol–water partition coefficient (Wildman–Crippen LogP) is 4.45. The van der Waals surface area contributed by atoms with Crippen molar-refractivity contribution in [3.63, 3.8) is 0 Å². The van der Waals surface area contributed by atoms with Gasteiger partial charge in [-0.2, -0.15) is 0 Å². The van der Waals surface area contributed by atoms with Crippen LogP contribution < -0.4 is 4.90 Å². The minimum absolute atomic E-state index is 0.130. The molecule has 1 amide bonds. The summed E-state index contributed by atoms with van der Waals surface area (Å²) in [5.41, 5.74) is 0.754. The van der Waals surface area contributed by atoms with Crippen molar-refractivity contribution in [1.29, 1.82) is 0 Å². The zero-order valence-electron chi connectivity index (χ0n) is 10.1. The SMILES string of the molecule is O=C1C(=Cc2ccco2)SC(=S)N1c1cccc(Br)c1. The van der Waals surface area contributed by atoms with Crippen LogP contribution in [0.4, 0.5) is 5.69 Å². The first-order chi connectivity index (χ1) is 9.65. The van der Waals surface area contributed by atoms with Gasteiger partial charge in [-0.3, -0.25) is 9.69 Å². The molecule has 3 rings (SSSR count). The molecule has 0 aliphatic carbocycles. The van der Waals surface area contributed by atoms with E-state index in [2.05, 4.69) is 15.9 Å². The molecule has 2 aromatic rings. The van der Waals surface area contributed by atoms with Gasteiger partial charge in [-0.25, -0.2) is 0 Å². The van der Waals surface area contributed by atoms with Gasteiger partial charge in [0, 0.05) is 10.5 Å². The number of nitrogens with zero attached hydrogens (tertiary/aromatic N) is 1. The maximum absolute atomic E-state index is 12.4. The number of amides is 1. The van der Waals surface area contributed by atoms with Gasteiger partial charge >= 0.3 is 0 Å². The first-order valence-corrected chi connectivity index (χ1v) is 7.74. The summed E-state index contributed by atoms with van der Waals surface area (Å²) < 4.78 is 6.65. The fourth-order valence-corrected chi connectivity index (χ4v) is 3.47. The normalized spacial score (nSPS) is 17.2. The number of hydrogen-bond acceptors (Lipinski definition) is 4. The summed E-state index contributed by atoms with van der Waals surface area (Å²) in [4.78, 5) is 14.5. The Morgan fingerprint density at radius 3 is 2.85 bits per heavy atom. The van der Waals surface area contributed by atoms with E-state index in [1.54, 1.807) is 24.5 Å². The van der Waals surface area contributed by atoms with E-state index in [-0.39, 0.29) is 5.91 Å². The van der Waals surface area contributed by atoms with Gasteiger partial charge in [0.15, 0.2) is 4.32 Å². The summed E-state index contributed by atoms with van der Waals surface area (Å²) in [6.07, 6.45) is 3.28. The van der Waals surface area contributed by atoms with Crippen LogP contribution in [0.25, 0.3) is 6.08 Å². The molecule has 2 heterocycles. The number of rotatable bonds is 2. The standard InChI is InChI=1S/C14H8BrNO2S2/c15-9-3-1-4-10(7-9)16-13(17)12(20-14(16)19)8-11-5-2-6-18-11/h1-8H. The van der Waals surface area contributed by atoms with Crippen LogP contribution in [-0.2, 0) is 4.79 Å². The van der Waals surface area contributed by atoms with Crippen LogP contribution >= 0.6 is 39.9 Å². The number of halogens is 1. The summed E-state index contributed by atoms with van der Waals surface area (Å²) in [5.74, 6) is 0.509. The number of hydrogen-bond donors (Lipinski definition) is 0. The van der Waals surface area contributed by atoms with Crippen LogP contribution in [0, 0.1) is 0 Å². The monoisotopic (exact) mass is 365 g/mol. The Morgan fingerprint density at radius 1 is 1.30 bits per heavy atom. The summed E-state index contributed by atoms with van der Waals surface area (Å²) in [6.45, 7) is 0. The molecule has 0 atom stereocenters. The van der Waals surface area contributed by atoms with E-state index in [0.29, 0.717) is 15.0 Å². The molecule has 0 spiro atoms. The predicted molar refractivity (Wildman–Crippen MR) is 88.5 cm³/mol. The van der Waals surface area contributed by atoms with Crippen LogP contribution in [0.2, 0.25) is 0 Å². The topological polar surface area (TPSA) is 33.5 Å². The molecule has 0 unspecified atom stereocenters. The third kappa shape index (κ3) is 2.59. The Kier molecular flexibility index (Phi) is 3.78. The van der Waals surface area contributed by atoms with Gasteiger partial charge in [0.05, 0.1) is 16.9 Å². The van der Waals surface area contributed by atoms with E-state index in [9.17, 15) is 4.79 Å². The summed E-state index contributed by atoms with van der Waals surface area (Å²) >= 11 is 9.97. The highest BCUT2D eigenvalue weighted by Gasteiger charge is 2.33. The lowest BCUT2D eigenvalue weighted by Gasteiger charge is -2.14. The van der Waals surface area contributed by atoms with Crippen molar-refractivity contribution in [3.8, 4) is 0 Å². The Labute approximate surface area is 133 Å². The van der Waals surface area contributed by atoms with Gasteiger partial charge < -0.3 is 4.42 Å². The molecular formula is C14H8BrNO2S2. The van der Waals surface area contributed by atoms with Crippen LogP contribution in [0.5, 0.6) is 0 Å². The molecule has 1 fully saturated rings. The quantitative estimate of drug-likeness (QED) is 0.581. The highest BCUT2D eigenvalue weighted by molar-refractivity contribution is 9.10. The number of thioether (sulfide) groups is 1. The smallest absolute Gasteiger partial charge is 0.270 e. The third-order valence-electron chi connectivity index (χ3n) is 2.68. The van der Waals surface area contributed by atoms with E-state index >= 15 is 0 Å². The van der Waals surface area contributed by atoms with E-state index in [4.69, 9.17) is 16.6 Å². The second-order valence-corrected chi connectivity index (χ2v) is 6.60. The third-order valence-corrected chi connectivity index (χ3v) is 4.47. The minimum atomic E-state index is -0.130. The zero-order chi connectivity index (χ0) is 14.1. The molecule has 0 N–H and O–H groups in total. The largest absolute Gasteiger partial charge is 0.465 e. The molecule has 0 radical (unpaired) electrons. The van der Waals surface area contributed by atoms with Crippen LogP contribution in [-0.4, -0.2) is 10.2 Å². The summed E-state index contributed by atoms with van der Waals surface area (Å²) in [5, 5.41) is 0. The Hall–Kier alpha value is -1.37.